The number of piperidine rings is 1. The Morgan fingerprint density at radius 1 is 1.21 bits per heavy atom. The first-order chi connectivity index (χ1) is 9.16. The molecule has 2 N–H and O–H groups in total. The number of likely N-dealkylation sites (tertiary alicyclic amines) is 1. The number of aliphatic hydroxyl groups excluding tert-OH is 1. The van der Waals surface area contributed by atoms with E-state index in [1.807, 2.05) is 6.92 Å². The average molecular weight is 268 g/mol. The average Bonchev–Trinajstić information content (AvgIpc) is 2.40. The molecule has 110 valence electrons. The number of carbonyl (C=O) groups excluding carboxylic acids is 1. The Labute approximate surface area is 116 Å². The van der Waals surface area contributed by atoms with Gasteiger partial charge in [-0.05, 0) is 39.2 Å². The van der Waals surface area contributed by atoms with Gasteiger partial charge in [-0.3, -0.25) is 9.69 Å². The Kier molecular flexibility index (Phi) is 5.64. The molecule has 4 heteroatoms. The Bertz CT molecular complexity index is 288. The second kappa shape index (κ2) is 7.25. The summed E-state index contributed by atoms with van der Waals surface area (Å²) in [5.74, 6) is 0.138. The number of hydrogen-bond donors (Lipinski definition) is 2. The molecule has 1 heterocycles. The minimum atomic E-state index is -0.345. The van der Waals surface area contributed by atoms with E-state index in [2.05, 4.69) is 10.2 Å². The summed E-state index contributed by atoms with van der Waals surface area (Å²) in [6, 6.07) is 0.543. The lowest BCUT2D eigenvalue weighted by molar-refractivity contribution is -0.124. The number of hydrogen-bond acceptors (Lipinski definition) is 3. The van der Waals surface area contributed by atoms with Crippen molar-refractivity contribution in [3.63, 3.8) is 0 Å². The van der Waals surface area contributed by atoms with E-state index in [4.69, 9.17) is 0 Å². The molecule has 19 heavy (non-hydrogen) atoms. The standard InChI is InChI=1S/C15H28N2O2/c1-12(18)14-9-5-6-10-17(14)11-15(19)16-13-7-3-2-4-8-13/h12-14,18H,2-11H2,1H3,(H,16,19). The number of carbonyl (C=O) groups is 1. The molecule has 0 aromatic heterocycles. The highest BCUT2D eigenvalue weighted by Gasteiger charge is 2.28. The molecule has 2 fully saturated rings. The van der Waals surface area contributed by atoms with Crippen molar-refractivity contribution in [3.8, 4) is 0 Å². The van der Waals surface area contributed by atoms with Crippen LogP contribution in [0.5, 0.6) is 0 Å². The first-order valence-corrected chi connectivity index (χ1v) is 7.88. The molecule has 0 radical (unpaired) electrons. The van der Waals surface area contributed by atoms with Gasteiger partial charge in [-0.25, -0.2) is 0 Å². The van der Waals surface area contributed by atoms with Crippen LogP contribution in [0.15, 0.2) is 0 Å². The third-order valence-electron chi connectivity index (χ3n) is 4.54. The lowest BCUT2D eigenvalue weighted by Gasteiger charge is -2.37. The molecule has 1 saturated carbocycles. The first-order valence-electron chi connectivity index (χ1n) is 7.88. The summed E-state index contributed by atoms with van der Waals surface area (Å²) in [5.41, 5.74) is 0. The Hall–Kier alpha value is -0.610. The van der Waals surface area contributed by atoms with Gasteiger partial charge in [-0.1, -0.05) is 25.7 Å². The lowest BCUT2D eigenvalue weighted by atomic mass is 9.95. The van der Waals surface area contributed by atoms with Crippen molar-refractivity contribution in [2.75, 3.05) is 13.1 Å². The summed E-state index contributed by atoms with van der Waals surface area (Å²) in [4.78, 5) is 14.3. The summed E-state index contributed by atoms with van der Waals surface area (Å²) in [7, 11) is 0. The molecule has 1 amide bonds. The van der Waals surface area contributed by atoms with Gasteiger partial charge < -0.3 is 10.4 Å². The van der Waals surface area contributed by atoms with E-state index in [0.29, 0.717) is 12.6 Å². The van der Waals surface area contributed by atoms with E-state index in [9.17, 15) is 9.90 Å². The zero-order valence-corrected chi connectivity index (χ0v) is 12.1. The number of nitrogens with zero attached hydrogens (tertiary/aromatic N) is 1. The van der Waals surface area contributed by atoms with Gasteiger partial charge in [0.1, 0.15) is 0 Å². The molecule has 0 aromatic rings. The predicted octanol–water partition coefficient (Wildman–Crippen LogP) is 1.67. The van der Waals surface area contributed by atoms with Crippen LogP contribution in [-0.2, 0) is 4.79 Å². The summed E-state index contributed by atoms with van der Waals surface area (Å²) >= 11 is 0. The van der Waals surface area contributed by atoms with Crippen LogP contribution in [-0.4, -0.2) is 47.2 Å². The normalized spacial score (nSPS) is 28.0. The van der Waals surface area contributed by atoms with Crippen LogP contribution in [0.2, 0.25) is 0 Å². The quantitative estimate of drug-likeness (QED) is 0.815. The van der Waals surface area contributed by atoms with Crippen LogP contribution >= 0.6 is 0 Å². The van der Waals surface area contributed by atoms with Crippen molar-refractivity contribution < 1.29 is 9.90 Å². The maximum atomic E-state index is 12.1. The second-order valence-corrected chi connectivity index (χ2v) is 6.18. The van der Waals surface area contributed by atoms with Gasteiger partial charge in [0.15, 0.2) is 0 Å². The molecule has 0 bridgehead atoms. The van der Waals surface area contributed by atoms with E-state index in [-0.39, 0.29) is 18.1 Å². The molecule has 2 aliphatic rings. The highest BCUT2D eigenvalue weighted by atomic mass is 16.3. The molecule has 0 spiro atoms. The van der Waals surface area contributed by atoms with Crippen molar-refractivity contribution in [1.29, 1.82) is 0 Å². The summed E-state index contributed by atoms with van der Waals surface area (Å²) < 4.78 is 0. The number of amides is 1. The highest BCUT2D eigenvalue weighted by molar-refractivity contribution is 5.78. The second-order valence-electron chi connectivity index (χ2n) is 6.18. The highest BCUT2D eigenvalue weighted by Crippen LogP contribution is 2.20. The fourth-order valence-electron chi connectivity index (χ4n) is 3.46. The Morgan fingerprint density at radius 2 is 1.89 bits per heavy atom. The van der Waals surface area contributed by atoms with E-state index in [1.165, 1.54) is 19.3 Å². The van der Waals surface area contributed by atoms with Crippen molar-refractivity contribution in [2.24, 2.45) is 0 Å². The van der Waals surface area contributed by atoms with Gasteiger partial charge >= 0.3 is 0 Å². The molecule has 2 rings (SSSR count). The van der Waals surface area contributed by atoms with Crippen molar-refractivity contribution in [3.05, 3.63) is 0 Å². The van der Waals surface area contributed by atoms with Crippen LogP contribution in [0.4, 0.5) is 0 Å². The SMILES string of the molecule is CC(O)C1CCCCN1CC(=O)NC1CCCCC1. The largest absolute Gasteiger partial charge is 0.392 e. The van der Waals surface area contributed by atoms with Crippen molar-refractivity contribution in [1.82, 2.24) is 10.2 Å². The number of rotatable bonds is 4. The molecule has 1 aliphatic carbocycles. The minimum absolute atomic E-state index is 0.138. The van der Waals surface area contributed by atoms with Crippen LogP contribution in [0, 0.1) is 0 Å². The Morgan fingerprint density at radius 3 is 2.58 bits per heavy atom. The molecule has 2 atom stereocenters. The van der Waals surface area contributed by atoms with Gasteiger partial charge in [0.2, 0.25) is 5.91 Å². The van der Waals surface area contributed by atoms with Crippen LogP contribution in [0.1, 0.15) is 58.3 Å². The molecule has 2 unspecified atom stereocenters. The van der Waals surface area contributed by atoms with Gasteiger partial charge in [-0.2, -0.15) is 0 Å². The van der Waals surface area contributed by atoms with E-state index in [0.717, 1.165) is 38.6 Å². The lowest BCUT2D eigenvalue weighted by Crippen LogP contribution is -2.51. The molecule has 0 aromatic carbocycles. The van der Waals surface area contributed by atoms with Gasteiger partial charge in [0.05, 0.1) is 12.6 Å². The van der Waals surface area contributed by atoms with Crippen molar-refractivity contribution in [2.45, 2.75) is 76.5 Å². The molecular formula is C15H28N2O2. The summed E-state index contributed by atoms with van der Waals surface area (Å²) in [6.45, 7) is 3.22. The molecule has 1 aliphatic heterocycles. The number of aliphatic hydroxyl groups is 1. The van der Waals surface area contributed by atoms with Gasteiger partial charge in [0, 0.05) is 12.1 Å². The maximum absolute atomic E-state index is 12.1. The van der Waals surface area contributed by atoms with Gasteiger partial charge in [0.25, 0.3) is 0 Å². The Balaban J connectivity index is 1.79. The topological polar surface area (TPSA) is 52.6 Å². The van der Waals surface area contributed by atoms with Crippen LogP contribution < -0.4 is 5.32 Å². The minimum Gasteiger partial charge on any atom is -0.392 e. The smallest absolute Gasteiger partial charge is 0.234 e. The van der Waals surface area contributed by atoms with Crippen LogP contribution in [0.3, 0.4) is 0 Å². The van der Waals surface area contributed by atoms with E-state index >= 15 is 0 Å². The summed E-state index contributed by atoms with van der Waals surface area (Å²) in [6.07, 6.45) is 9.02. The first kappa shape index (κ1) is 14.8. The predicted molar refractivity (Wildman–Crippen MR) is 75.9 cm³/mol. The monoisotopic (exact) mass is 268 g/mol. The zero-order valence-electron chi connectivity index (χ0n) is 12.1. The van der Waals surface area contributed by atoms with Gasteiger partial charge in [-0.15, -0.1) is 0 Å². The fraction of sp³-hybridized carbons (Fsp3) is 0.933. The molecular weight excluding hydrogens is 240 g/mol. The zero-order chi connectivity index (χ0) is 13.7. The number of nitrogens with one attached hydrogen (secondary N) is 1. The van der Waals surface area contributed by atoms with Crippen molar-refractivity contribution >= 4 is 5.91 Å². The molecule has 4 nitrogen and oxygen atoms in total. The summed E-state index contributed by atoms with van der Waals surface area (Å²) in [5, 5.41) is 13.0. The maximum Gasteiger partial charge on any atom is 0.234 e. The third-order valence-corrected chi connectivity index (χ3v) is 4.54. The van der Waals surface area contributed by atoms with E-state index in [1.54, 1.807) is 0 Å². The fourth-order valence-corrected chi connectivity index (χ4v) is 3.46. The van der Waals surface area contributed by atoms with Crippen LogP contribution in [0.25, 0.3) is 0 Å². The molecule has 1 saturated heterocycles. The van der Waals surface area contributed by atoms with E-state index < -0.39 is 0 Å². The third kappa shape index (κ3) is 4.46.